The maximum Gasteiger partial charge on any atom is 0.137 e. The lowest BCUT2D eigenvalue weighted by atomic mass is 10.0. The van der Waals surface area contributed by atoms with Crippen molar-refractivity contribution in [1.29, 1.82) is 0 Å². The summed E-state index contributed by atoms with van der Waals surface area (Å²) >= 11 is 6.29. The second kappa shape index (κ2) is 4.67. The summed E-state index contributed by atoms with van der Waals surface area (Å²) in [6, 6.07) is 16.6. The number of aryl methyl sites for hydroxylation is 2. The van der Waals surface area contributed by atoms with Gasteiger partial charge in [0.25, 0.3) is 0 Å². The third-order valence-electron chi connectivity index (χ3n) is 3.25. The van der Waals surface area contributed by atoms with E-state index in [1.165, 1.54) is 11.1 Å². The van der Waals surface area contributed by atoms with Crippen molar-refractivity contribution in [2.45, 2.75) is 13.8 Å². The molecule has 0 spiro atoms. The van der Waals surface area contributed by atoms with Crippen LogP contribution in [0.25, 0.3) is 22.0 Å². The summed E-state index contributed by atoms with van der Waals surface area (Å²) in [5, 5.41) is 2.70. The zero-order valence-corrected chi connectivity index (χ0v) is 11.7. The van der Waals surface area contributed by atoms with Crippen molar-refractivity contribution in [2.24, 2.45) is 0 Å². The Bertz CT molecular complexity index is 762. The highest BCUT2D eigenvalue weighted by molar-refractivity contribution is 6.34. The van der Waals surface area contributed by atoms with E-state index >= 15 is 0 Å². The monoisotopic (exact) mass is 267 g/mol. The summed E-state index contributed by atoms with van der Waals surface area (Å²) in [6.45, 7) is 4.16. The van der Waals surface area contributed by atoms with E-state index in [2.05, 4.69) is 55.2 Å². The van der Waals surface area contributed by atoms with Crippen LogP contribution in [0.15, 0.2) is 48.5 Å². The van der Waals surface area contributed by atoms with Crippen molar-refractivity contribution >= 4 is 22.4 Å². The molecule has 0 aliphatic carbocycles. The van der Waals surface area contributed by atoms with Gasteiger partial charge >= 0.3 is 0 Å². The largest absolute Gasteiger partial charge is 0.235 e. The smallest absolute Gasteiger partial charge is 0.137 e. The Hall–Kier alpha value is -1.86. The van der Waals surface area contributed by atoms with E-state index < -0.39 is 0 Å². The van der Waals surface area contributed by atoms with E-state index in [0.717, 1.165) is 22.0 Å². The highest BCUT2D eigenvalue weighted by atomic mass is 35.5. The van der Waals surface area contributed by atoms with E-state index in [4.69, 9.17) is 11.6 Å². The first-order chi connectivity index (χ1) is 9.13. The minimum absolute atomic E-state index is 0.564. The van der Waals surface area contributed by atoms with Crippen molar-refractivity contribution in [3.8, 4) is 11.3 Å². The van der Waals surface area contributed by atoms with E-state index in [-0.39, 0.29) is 0 Å². The molecule has 0 atom stereocenters. The Morgan fingerprint density at radius 3 is 2.47 bits per heavy atom. The van der Waals surface area contributed by atoms with Crippen LogP contribution in [0, 0.1) is 13.8 Å². The Morgan fingerprint density at radius 1 is 0.895 bits per heavy atom. The van der Waals surface area contributed by atoms with Gasteiger partial charge in [0.15, 0.2) is 0 Å². The fourth-order valence-electron chi connectivity index (χ4n) is 2.29. The number of nitrogens with zero attached hydrogens (tertiary/aromatic N) is 1. The van der Waals surface area contributed by atoms with Crippen LogP contribution in [0.2, 0.25) is 5.15 Å². The summed E-state index contributed by atoms with van der Waals surface area (Å²) in [5.74, 6) is 0. The lowest BCUT2D eigenvalue weighted by Crippen LogP contribution is -1.88. The van der Waals surface area contributed by atoms with Gasteiger partial charge in [-0.05, 0) is 31.4 Å². The molecule has 3 rings (SSSR count). The molecule has 0 radical (unpaired) electrons. The number of hydrogen-bond donors (Lipinski definition) is 0. The predicted octanol–water partition coefficient (Wildman–Crippen LogP) is 5.17. The molecule has 0 saturated heterocycles. The average molecular weight is 268 g/mol. The number of aromatic nitrogens is 1. The second-order valence-corrected chi connectivity index (χ2v) is 5.25. The first kappa shape index (κ1) is 12.2. The van der Waals surface area contributed by atoms with Crippen molar-refractivity contribution in [2.75, 3.05) is 0 Å². The zero-order chi connectivity index (χ0) is 13.4. The molecule has 1 heterocycles. The Balaban J connectivity index is 2.25. The average Bonchev–Trinajstić information content (AvgIpc) is 2.38. The predicted molar refractivity (Wildman–Crippen MR) is 81.7 cm³/mol. The Morgan fingerprint density at radius 2 is 1.68 bits per heavy atom. The Kier molecular flexibility index (Phi) is 3.00. The van der Waals surface area contributed by atoms with Gasteiger partial charge in [0.05, 0.1) is 5.69 Å². The summed E-state index contributed by atoms with van der Waals surface area (Å²) in [7, 11) is 0. The van der Waals surface area contributed by atoms with E-state index in [9.17, 15) is 0 Å². The molecule has 19 heavy (non-hydrogen) atoms. The fraction of sp³-hybridized carbons (Fsp3) is 0.118. The number of fused-ring (bicyclic) bond motifs is 1. The van der Waals surface area contributed by atoms with E-state index in [1.54, 1.807) is 0 Å². The lowest BCUT2D eigenvalue weighted by Gasteiger charge is -2.07. The summed E-state index contributed by atoms with van der Waals surface area (Å²) in [6.07, 6.45) is 0. The lowest BCUT2D eigenvalue weighted by molar-refractivity contribution is 1.34. The molecule has 0 amide bonds. The number of benzene rings is 2. The third kappa shape index (κ3) is 2.34. The molecular weight excluding hydrogens is 254 g/mol. The third-order valence-corrected chi connectivity index (χ3v) is 3.54. The molecule has 0 unspecified atom stereocenters. The van der Waals surface area contributed by atoms with Crippen LogP contribution < -0.4 is 0 Å². The minimum atomic E-state index is 0.564. The van der Waals surface area contributed by atoms with Crippen LogP contribution >= 0.6 is 11.6 Å². The quantitative estimate of drug-likeness (QED) is 0.554. The van der Waals surface area contributed by atoms with Crippen molar-refractivity contribution in [3.63, 3.8) is 0 Å². The Labute approximate surface area is 117 Å². The van der Waals surface area contributed by atoms with Gasteiger partial charge in [-0.1, -0.05) is 59.1 Å². The molecule has 2 aromatic carbocycles. The maximum absolute atomic E-state index is 6.29. The fourth-order valence-corrected chi connectivity index (χ4v) is 2.55. The van der Waals surface area contributed by atoms with E-state index in [1.807, 2.05) is 12.1 Å². The van der Waals surface area contributed by atoms with Crippen LogP contribution in [0.3, 0.4) is 0 Å². The molecule has 0 aliphatic rings. The summed E-state index contributed by atoms with van der Waals surface area (Å²) < 4.78 is 0. The molecular formula is C17H14ClN. The van der Waals surface area contributed by atoms with Crippen LogP contribution in [0.5, 0.6) is 0 Å². The SMILES string of the molecule is Cc1cccc(-c2cc3cc(C)ccc3c(Cl)n2)c1. The first-order valence-corrected chi connectivity index (χ1v) is 6.65. The van der Waals surface area contributed by atoms with Crippen LogP contribution in [0.4, 0.5) is 0 Å². The molecule has 1 nitrogen and oxygen atoms in total. The first-order valence-electron chi connectivity index (χ1n) is 6.27. The van der Waals surface area contributed by atoms with Gasteiger partial charge in [0.1, 0.15) is 5.15 Å². The molecule has 3 aromatic rings. The number of halogens is 1. The topological polar surface area (TPSA) is 12.9 Å². The number of hydrogen-bond acceptors (Lipinski definition) is 1. The second-order valence-electron chi connectivity index (χ2n) is 4.89. The molecule has 94 valence electrons. The van der Waals surface area contributed by atoms with Gasteiger partial charge in [0, 0.05) is 10.9 Å². The van der Waals surface area contributed by atoms with Gasteiger partial charge < -0.3 is 0 Å². The van der Waals surface area contributed by atoms with Gasteiger partial charge in [-0.15, -0.1) is 0 Å². The van der Waals surface area contributed by atoms with Gasteiger partial charge in [-0.2, -0.15) is 0 Å². The van der Waals surface area contributed by atoms with Gasteiger partial charge in [-0.25, -0.2) is 4.98 Å². The highest BCUT2D eigenvalue weighted by Gasteiger charge is 2.06. The molecule has 2 heteroatoms. The number of pyridine rings is 1. The highest BCUT2D eigenvalue weighted by Crippen LogP contribution is 2.28. The van der Waals surface area contributed by atoms with Crippen molar-refractivity contribution in [1.82, 2.24) is 4.98 Å². The van der Waals surface area contributed by atoms with Crippen LogP contribution in [0.1, 0.15) is 11.1 Å². The molecule has 0 bridgehead atoms. The standard InChI is InChI=1S/C17H14ClN/c1-11-4-3-5-13(8-11)16-10-14-9-12(2)6-7-15(14)17(18)19-16/h3-10H,1-2H3. The summed E-state index contributed by atoms with van der Waals surface area (Å²) in [4.78, 5) is 4.51. The maximum atomic E-state index is 6.29. The zero-order valence-electron chi connectivity index (χ0n) is 10.9. The normalized spacial score (nSPS) is 10.9. The van der Waals surface area contributed by atoms with Crippen LogP contribution in [-0.4, -0.2) is 4.98 Å². The van der Waals surface area contributed by atoms with Crippen molar-refractivity contribution < 1.29 is 0 Å². The molecule has 0 saturated carbocycles. The van der Waals surface area contributed by atoms with Gasteiger partial charge in [0.2, 0.25) is 0 Å². The molecule has 1 aromatic heterocycles. The van der Waals surface area contributed by atoms with Gasteiger partial charge in [-0.3, -0.25) is 0 Å². The van der Waals surface area contributed by atoms with Crippen LogP contribution in [-0.2, 0) is 0 Å². The summed E-state index contributed by atoms with van der Waals surface area (Å²) in [5.41, 5.74) is 4.47. The van der Waals surface area contributed by atoms with Crippen molar-refractivity contribution in [3.05, 3.63) is 64.8 Å². The minimum Gasteiger partial charge on any atom is -0.235 e. The number of rotatable bonds is 1. The molecule has 0 aliphatic heterocycles. The molecule has 0 N–H and O–H groups in total. The molecule has 0 fully saturated rings. The van der Waals surface area contributed by atoms with E-state index in [0.29, 0.717) is 5.15 Å².